The normalized spacial score (nSPS) is 20.8. The molecule has 2 aliphatic heterocycles. The van der Waals surface area contributed by atoms with Gasteiger partial charge in [0, 0.05) is 13.2 Å². The van der Waals surface area contributed by atoms with Crippen LogP contribution in [0.1, 0.15) is 30.6 Å². The Labute approximate surface area is 134 Å². The first-order valence-electron chi connectivity index (χ1n) is 7.94. The van der Waals surface area contributed by atoms with Gasteiger partial charge in [-0.3, -0.25) is 0 Å². The summed E-state index contributed by atoms with van der Waals surface area (Å²) in [5.41, 5.74) is 2.54. The smallest absolute Gasteiger partial charge is 0.170 e. The molecule has 2 aromatic rings. The van der Waals surface area contributed by atoms with Gasteiger partial charge in [-0.25, -0.2) is 19.3 Å². The fourth-order valence-electron chi connectivity index (χ4n) is 3.44. The highest BCUT2D eigenvalue weighted by Gasteiger charge is 2.30. The first-order chi connectivity index (χ1) is 11.1. The standard InChI is InChI=1S/C17H19FN4O/c1-9-7-12-8-23-6-4-5-22(12)17-13-15(9)19-10(2)14(18)16(13)20-11(3)21-17/h7,12H,4-6,8H2,1-3H3/t12-/m0/s1. The minimum atomic E-state index is -0.354. The summed E-state index contributed by atoms with van der Waals surface area (Å²) >= 11 is 0. The van der Waals surface area contributed by atoms with Crippen molar-refractivity contribution in [2.75, 3.05) is 24.7 Å². The Balaban J connectivity index is 2.11. The maximum Gasteiger partial charge on any atom is 0.170 e. The molecule has 0 radical (unpaired) electrons. The van der Waals surface area contributed by atoms with E-state index in [2.05, 4.69) is 25.9 Å². The number of fused-ring (bicyclic) bond motifs is 2. The van der Waals surface area contributed by atoms with Crippen LogP contribution in [0.4, 0.5) is 10.2 Å². The number of nitrogens with zero attached hydrogens (tertiary/aromatic N) is 4. The third kappa shape index (κ3) is 2.20. The molecule has 0 spiro atoms. The number of aryl methyl sites for hydroxylation is 2. The zero-order valence-electron chi connectivity index (χ0n) is 13.6. The van der Waals surface area contributed by atoms with E-state index in [9.17, 15) is 4.39 Å². The van der Waals surface area contributed by atoms with Crippen molar-refractivity contribution in [3.63, 3.8) is 0 Å². The van der Waals surface area contributed by atoms with E-state index >= 15 is 0 Å². The summed E-state index contributed by atoms with van der Waals surface area (Å²) in [6, 6.07) is 0.0903. The molecule has 4 heterocycles. The van der Waals surface area contributed by atoms with Gasteiger partial charge in [-0.15, -0.1) is 0 Å². The minimum Gasteiger partial charge on any atom is -0.379 e. The van der Waals surface area contributed by atoms with Crippen molar-refractivity contribution < 1.29 is 9.13 Å². The second-order valence-electron chi connectivity index (χ2n) is 6.22. The number of ether oxygens (including phenoxy) is 1. The Morgan fingerprint density at radius 1 is 1.22 bits per heavy atom. The van der Waals surface area contributed by atoms with Crippen LogP contribution in [-0.2, 0) is 4.74 Å². The minimum absolute atomic E-state index is 0.0903. The van der Waals surface area contributed by atoms with Crippen LogP contribution in [0.15, 0.2) is 6.08 Å². The molecule has 0 saturated carbocycles. The molecule has 5 nitrogen and oxygen atoms in total. The molecule has 0 bridgehead atoms. The van der Waals surface area contributed by atoms with E-state index in [1.165, 1.54) is 0 Å². The van der Waals surface area contributed by atoms with Gasteiger partial charge in [-0.05, 0) is 32.8 Å². The van der Waals surface area contributed by atoms with Gasteiger partial charge < -0.3 is 9.64 Å². The number of allylic oxidation sites excluding steroid dienone is 1. The highest BCUT2D eigenvalue weighted by atomic mass is 19.1. The van der Waals surface area contributed by atoms with Crippen LogP contribution in [0, 0.1) is 19.7 Å². The lowest BCUT2D eigenvalue weighted by molar-refractivity contribution is 0.142. The van der Waals surface area contributed by atoms with Crippen LogP contribution < -0.4 is 4.90 Å². The fraction of sp³-hybridized carbons (Fsp3) is 0.471. The predicted octanol–water partition coefficient (Wildman–Crippen LogP) is 2.79. The third-order valence-corrected chi connectivity index (χ3v) is 4.51. The number of aromatic nitrogens is 3. The van der Waals surface area contributed by atoms with E-state index in [0.717, 1.165) is 42.0 Å². The zero-order valence-corrected chi connectivity index (χ0v) is 13.6. The molecule has 120 valence electrons. The molecule has 1 saturated heterocycles. The van der Waals surface area contributed by atoms with Gasteiger partial charge in [0.25, 0.3) is 0 Å². The maximum atomic E-state index is 14.6. The summed E-state index contributed by atoms with van der Waals surface area (Å²) in [5, 5.41) is 0.719. The van der Waals surface area contributed by atoms with Crippen LogP contribution in [0.3, 0.4) is 0 Å². The van der Waals surface area contributed by atoms with E-state index in [1.54, 1.807) is 13.8 Å². The topological polar surface area (TPSA) is 51.1 Å². The Kier molecular flexibility index (Phi) is 3.30. The summed E-state index contributed by atoms with van der Waals surface area (Å²) < 4.78 is 20.4. The van der Waals surface area contributed by atoms with Gasteiger partial charge in [-0.1, -0.05) is 6.08 Å². The lowest BCUT2D eigenvalue weighted by Crippen LogP contribution is -2.36. The molecule has 2 aromatic heterocycles. The van der Waals surface area contributed by atoms with Gasteiger partial charge in [0.2, 0.25) is 0 Å². The zero-order chi connectivity index (χ0) is 16.1. The predicted molar refractivity (Wildman–Crippen MR) is 87.0 cm³/mol. The van der Waals surface area contributed by atoms with E-state index in [1.807, 2.05) is 6.92 Å². The van der Waals surface area contributed by atoms with Gasteiger partial charge in [-0.2, -0.15) is 0 Å². The molecule has 6 heteroatoms. The molecular formula is C17H19FN4O. The van der Waals surface area contributed by atoms with Crippen molar-refractivity contribution in [2.45, 2.75) is 33.2 Å². The lowest BCUT2D eigenvalue weighted by atomic mass is 10.1. The number of halogens is 1. The third-order valence-electron chi connectivity index (χ3n) is 4.51. The molecule has 0 aromatic carbocycles. The largest absolute Gasteiger partial charge is 0.379 e. The number of rotatable bonds is 0. The summed E-state index contributed by atoms with van der Waals surface area (Å²) in [4.78, 5) is 15.7. The van der Waals surface area contributed by atoms with Gasteiger partial charge in [0.15, 0.2) is 5.82 Å². The molecule has 4 rings (SSSR count). The quantitative estimate of drug-likeness (QED) is 0.748. The Morgan fingerprint density at radius 2 is 2.04 bits per heavy atom. The van der Waals surface area contributed by atoms with Crippen LogP contribution in [0.5, 0.6) is 0 Å². The maximum absolute atomic E-state index is 14.6. The summed E-state index contributed by atoms with van der Waals surface area (Å²) in [7, 11) is 0. The van der Waals surface area contributed by atoms with E-state index in [0.29, 0.717) is 23.6 Å². The molecule has 1 atom stereocenters. The van der Waals surface area contributed by atoms with Crippen molar-refractivity contribution in [1.82, 2.24) is 15.0 Å². The average molecular weight is 314 g/mol. The number of anilines is 1. The number of hydrogen-bond donors (Lipinski definition) is 0. The van der Waals surface area contributed by atoms with Crippen molar-refractivity contribution >= 4 is 22.3 Å². The highest BCUT2D eigenvalue weighted by molar-refractivity contribution is 5.99. The molecule has 0 amide bonds. The number of hydrogen-bond acceptors (Lipinski definition) is 5. The van der Waals surface area contributed by atoms with Crippen LogP contribution >= 0.6 is 0 Å². The molecule has 0 aliphatic carbocycles. The van der Waals surface area contributed by atoms with Gasteiger partial charge >= 0.3 is 0 Å². The first kappa shape index (κ1) is 14.5. The Hall–Kier alpha value is -2.08. The number of pyridine rings is 1. The summed E-state index contributed by atoms with van der Waals surface area (Å²) in [6.45, 7) is 7.67. The second-order valence-corrected chi connectivity index (χ2v) is 6.22. The highest BCUT2D eigenvalue weighted by Crippen LogP contribution is 2.37. The molecule has 0 unspecified atom stereocenters. The van der Waals surface area contributed by atoms with Gasteiger partial charge in [0.1, 0.15) is 17.2 Å². The van der Waals surface area contributed by atoms with Crippen molar-refractivity contribution in [3.8, 4) is 0 Å². The van der Waals surface area contributed by atoms with E-state index in [4.69, 9.17) is 4.74 Å². The van der Waals surface area contributed by atoms with Gasteiger partial charge in [0.05, 0.1) is 29.4 Å². The monoisotopic (exact) mass is 314 g/mol. The molecule has 2 aliphatic rings. The lowest BCUT2D eigenvalue weighted by Gasteiger charge is -2.28. The Bertz CT molecular complexity index is 833. The second kappa shape index (κ2) is 5.23. The average Bonchev–Trinajstić information content (AvgIpc) is 2.79. The summed E-state index contributed by atoms with van der Waals surface area (Å²) in [5.74, 6) is 0.997. The molecular weight excluding hydrogens is 295 g/mol. The van der Waals surface area contributed by atoms with Crippen LogP contribution in [0.25, 0.3) is 16.5 Å². The molecule has 1 fully saturated rings. The van der Waals surface area contributed by atoms with Crippen molar-refractivity contribution in [2.24, 2.45) is 0 Å². The Morgan fingerprint density at radius 3 is 2.87 bits per heavy atom. The van der Waals surface area contributed by atoms with E-state index < -0.39 is 0 Å². The van der Waals surface area contributed by atoms with Crippen LogP contribution in [-0.4, -0.2) is 40.8 Å². The van der Waals surface area contributed by atoms with Crippen molar-refractivity contribution in [1.29, 1.82) is 0 Å². The molecule has 0 N–H and O–H groups in total. The fourth-order valence-corrected chi connectivity index (χ4v) is 3.44. The molecule has 23 heavy (non-hydrogen) atoms. The first-order valence-corrected chi connectivity index (χ1v) is 7.94. The van der Waals surface area contributed by atoms with E-state index in [-0.39, 0.29) is 11.9 Å². The van der Waals surface area contributed by atoms with Crippen LogP contribution in [0.2, 0.25) is 0 Å². The SMILES string of the molecule is CC1=C[C@H]2COCCCN2c2nc(C)nc3c(F)c(C)nc1c23. The van der Waals surface area contributed by atoms with Crippen molar-refractivity contribution in [3.05, 3.63) is 29.1 Å². The summed E-state index contributed by atoms with van der Waals surface area (Å²) in [6.07, 6.45) is 3.08.